The number of ether oxygens (including phenoxy) is 1. The molecule has 32 heavy (non-hydrogen) atoms. The minimum Gasteiger partial charge on any atom is -0.381 e. The topological polar surface area (TPSA) is 82.7 Å². The molecular formula is C25H44N4O3. The van der Waals surface area contributed by atoms with Gasteiger partial charge in [-0.15, -0.1) is 0 Å². The monoisotopic (exact) mass is 448 g/mol. The van der Waals surface area contributed by atoms with Crippen LogP contribution in [0.25, 0.3) is 0 Å². The Morgan fingerprint density at radius 1 is 1.00 bits per heavy atom. The molecule has 182 valence electrons. The van der Waals surface area contributed by atoms with E-state index < -0.39 is 0 Å². The summed E-state index contributed by atoms with van der Waals surface area (Å²) < 4.78 is 5.44. The first kappa shape index (κ1) is 23.8. The largest absolute Gasteiger partial charge is 0.381 e. The Balaban J connectivity index is 1.32. The number of carbonyl (C=O) groups is 2. The molecule has 7 unspecified atom stereocenters. The summed E-state index contributed by atoms with van der Waals surface area (Å²) in [5.41, 5.74) is 0. The Hall–Kier alpha value is -1.34. The van der Waals surface area contributed by atoms with Gasteiger partial charge in [-0.25, -0.2) is 4.79 Å². The van der Waals surface area contributed by atoms with Gasteiger partial charge >= 0.3 is 6.03 Å². The van der Waals surface area contributed by atoms with E-state index in [4.69, 9.17) is 4.74 Å². The third-order valence-electron chi connectivity index (χ3n) is 9.04. The molecule has 0 aromatic carbocycles. The number of fused-ring (bicyclic) bond motifs is 1. The van der Waals surface area contributed by atoms with Gasteiger partial charge in [0, 0.05) is 50.8 Å². The maximum absolute atomic E-state index is 13.4. The number of carbonyl (C=O) groups excluding carboxylic acids is 2. The molecule has 4 aliphatic rings. The van der Waals surface area contributed by atoms with Crippen molar-refractivity contribution in [3.05, 3.63) is 0 Å². The van der Waals surface area contributed by atoms with Crippen LogP contribution in [0.1, 0.15) is 71.6 Å². The van der Waals surface area contributed by atoms with Crippen molar-refractivity contribution in [2.75, 3.05) is 20.7 Å². The van der Waals surface area contributed by atoms with Gasteiger partial charge in [0.25, 0.3) is 0 Å². The summed E-state index contributed by atoms with van der Waals surface area (Å²) in [4.78, 5) is 28.1. The van der Waals surface area contributed by atoms with Crippen LogP contribution in [0.2, 0.25) is 0 Å². The highest BCUT2D eigenvalue weighted by Gasteiger charge is 2.47. The fraction of sp³-hybridized carbons (Fsp3) is 0.920. The number of hydrogen-bond donors (Lipinski definition) is 3. The molecule has 2 heterocycles. The van der Waals surface area contributed by atoms with Crippen LogP contribution in [0.5, 0.6) is 0 Å². The van der Waals surface area contributed by atoms with E-state index in [1.165, 1.54) is 0 Å². The molecule has 0 bridgehead atoms. The Kier molecular flexibility index (Phi) is 7.65. The zero-order valence-electron chi connectivity index (χ0n) is 20.4. The molecule has 0 aromatic rings. The number of piperidine rings is 2. The molecule has 7 atom stereocenters. The molecular weight excluding hydrogens is 404 g/mol. The van der Waals surface area contributed by atoms with Crippen molar-refractivity contribution in [1.29, 1.82) is 0 Å². The van der Waals surface area contributed by atoms with Gasteiger partial charge < -0.3 is 25.6 Å². The minimum absolute atomic E-state index is 0.0400. The molecule has 2 saturated heterocycles. The molecule has 2 aliphatic heterocycles. The Morgan fingerprint density at radius 3 is 2.41 bits per heavy atom. The van der Waals surface area contributed by atoms with E-state index in [0.717, 1.165) is 64.3 Å². The zero-order valence-corrected chi connectivity index (χ0v) is 20.4. The average molecular weight is 449 g/mol. The number of likely N-dealkylation sites (tertiary alicyclic amines) is 1. The number of amides is 3. The van der Waals surface area contributed by atoms with E-state index in [-0.39, 0.29) is 24.0 Å². The van der Waals surface area contributed by atoms with Crippen molar-refractivity contribution in [3.63, 3.8) is 0 Å². The highest BCUT2D eigenvalue weighted by atomic mass is 16.5. The van der Waals surface area contributed by atoms with Crippen LogP contribution < -0.4 is 16.0 Å². The predicted molar refractivity (Wildman–Crippen MR) is 125 cm³/mol. The van der Waals surface area contributed by atoms with E-state index in [1.54, 1.807) is 7.11 Å². The molecule has 3 N–H and O–H groups in total. The first-order chi connectivity index (χ1) is 15.4. The van der Waals surface area contributed by atoms with Crippen LogP contribution in [0.4, 0.5) is 4.79 Å². The third kappa shape index (κ3) is 5.24. The summed E-state index contributed by atoms with van der Waals surface area (Å²) in [6, 6.07) is 1.22. The number of urea groups is 1. The Labute approximate surface area is 193 Å². The van der Waals surface area contributed by atoms with Gasteiger partial charge in [0.15, 0.2) is 0 Å². The van der Waals surface area contributed by atoms with Crippen LogP contribution in [-0.4, -0.2) is 67.8 Å². The third-order valence-corrected chi connectivity index (χ3v) is 9.04. The normalized spacial score (nSPS) is 42.8. The van der Waals surface area contributed by atoms with Crippen LogP contribution in [0, 0.1) is 23.7 Å². The van der Waals surface area contributed by atoms with Crippen LogP contribution in [-0.2, 0) is 9.53 Å². The van der Waals surface area contributed by atoms with Gasteiger partial charge in [-0.3, -0.25) is 4.79 Å². The molecule has 7 heteroatoms. The maximum Gasteiger partial charge on any atom is 0.315 e. The SMILES string of the molecule is COC1CCC(NC(=O)NC2CCC(C)C(C3CC4CNC(C)CC4N(C)C3=O)C2)CC1. The summed E-state index contributed by atoms with van der Waals surface area (Å²) >= 11 is 0. The molecule has 4 rings (SSSR count). The Bertz CT molecular complexity index is 666. The lowest BCUT2D eigenvalue weighted by atomic mass is 9.65. The van der Waals surface area contributed by atoms with Crippen molar-refractivity contribution < 1.29 is 14.3 Å². The van der Waals surface area contributed by atoms with Crippen LogP contribution >= 0.6 is 0 Å². The highest BCUT2D eigenvalue weighted by Crippen LogP contribution is 2.43. The van der Waals surface area contributed by atoms with Crippen molar-refractivity contribution in [1.82, 2.24) is 20.9 Å². The van der Waals surface area contributed by atoms with Gasteiger partial charge in [0.05, 0.1) is 6.10 Å². The van der Waals surface area contributed by atoms with Crippen LogP contribution in [0.15, 0.2) is 0 Å². The molecule has 2 saturated carbocycles. The molecule has 2 aliphatic carbocycles. The molecule has 3 amide bonds. The van der Waals surface area contributed by atoms with E-state index >= 15 is 0 Å². The summed E-state index contributed by atoms with van der Waals surface area (Å²) in [6.07, 6.45) is 9.36. The number of rotatable bonds is 4. The van der Waals surface area contributed by atoms with E-state index in [0.29, 0.717) is 41.8 Å². The standard InChI is InChI=1S/C25H44N4O3/c1-15-5-6-19(28-25(31)27-18-7-9-20(32-4)10-8-18)13-21(15)22-12-17-14-26-16(2)11-23(17)29(3)24(22)30/h15-23,26H,5-14H2,1-4H3,(H2,27,28,31). The Morgan fingerprint density at radius 2 is 1.69 bits per heavy atom. The fourth-order valence-corrected chi connectivity index (χ4v) is 6.96. The minimum atomic E-state index is -0.0400. The lowest BCUT2D eigenvalue weighted by Crippen LogP contribution is -2.60. The first-order valence-electron chi connectivity index (χ1n) is 13.0. The second-order valence-corrected chi connectivity index (χ2v) is 11.1. The molecule has 0 spiro atoms. The zero-order chi connectivity index (χ0) is 22.8. The lowest BCUT2D eigenvalue weighted by Gasteiger charge is -2.50. The summed E-state index contributed by atoms with van der Waals surface area (Å²) in [6.45, 7) is 5.53. The van der Waals surface area contributed by atoms with Crippen molar-refractivity contribution in [3.8, 4) is 0 Å². The van der Waals surface area contributed by atoms with Gasteiger partial charge in [-0.1, -0.05) is 6.92 Å². The first-order valence-corrected chi connectivity index (χ1v) is 13.0. The average Bonchev–Trinajstić information content (AvgIpc) is 2.78. The van der Waals surface area contributed by atoms with Gasteiger partial charge in [-0.05, 0) is 82.5 Å². The number of methoxy groups -OCH3 is 1. The molecule has 0 aromatic heterocycles. The van der Waals surface area contributed by atoms with Gasteiger partial charge in [0.2, 0.25) is 5.91 Å². The molecule has 4 fully saturated rings. The molecule has 7 nitrogen and oxygen atoms in total. The lowest BCUT2D eigenvalue weighted by molar-refractivity contribution is -0.148. The number of nitrogens with zero attached hydrogens (tertiary/aromatic N) is 1. The second kappa shape index (κ2) is 10.3. The van der Waals surface area contributed by atoms with Crippen LogP contribution in [0.3, 0.4) is 0 Å². The van der Waals surface area contributed by atoms with E-state index in [1.807, 2.05) is 7.05 Å². The fourth-order valence-electron chi connectivity index (χ4n) is 6.96. The van der Waals surface area contributed by atoms with E-state index in [2.05, 4.69) is 34.7 Å². The van der Waals surface area contributed by atoms with Gasteiger partial charge in [-0.2, -0.15) is 0 Å². The summed E-state index contributed by atoms with van der Waals surface area (Å²) in [5.74, 6) is 1.84. The number of nitrogens with one attached hydrogen (secondary N) is 3. The smallest absolute Gasteiger partial charge is 0.315 e. The number of hydrogen-bond acceptors (Lipinski definition) is 4. The van der Waals surface area contributed by atoms with Crippen molar-refractivity contribution >= 4 is 11.9 Å². The molecule has 0 radical (unpaired) electrons. The van der Waals surface area contributed by atoms with Crippen molar-refractivity contribution in [2.24, 2.45) is 23.7 Å². The summed E-state index contributed by atoms with van der Waals surface area (Å²) in [5, 5.41) is 10.1. The van der Waals surface area contributed by atoms with E-state index in [9.17, 15) is 9.59 Å². The highest BCUT2D eigenvalue weighted by molar-refractivity contribution is 5.80. The quantitative estimate of drug-likeness (QED) is 0.618. The van der Waals surface area contributed by atoms with Crippen molar-refractivity contribution in [2.45, 2.75) is 102 Å². The van der Waals surface area contributed by atoms with Gasteiger partial charge in [0.1, 0.15) is 0 Å². The second-order valence-electron chi connectivity index (χ2n) is 11.1. The predicted octanol–water partition coefficient (Wildman–Crippen LogP) is 2.89. The summed E-state index contributed by atoms with van der Waals surface area (Å²) in [7, 11) is 3.78. The maximum atomic E-state index is 13.4.